The summed E-state index contributed by atoms with van der Waals surface area (Å²) in [4.78, 5) is 22.5. The van der Waals surface area contributed by atoms with Gasteiger partial charge in [0.15, 0.2) is 0 Å². The molecule has 4 heteroatoms. The number of hydrogen-bond donors (Lipinski definition) is 2. The first-order valence-corrected chi connectivity index (χ1v) is 5.27. The van der Waals surface area contributed by atoms with E-state index in [-0.39, 0.29) is 23.9 Å². The lowest BCUT2D eigenvalue weighted by Gasteiger charge is -2.10. The van der Waals surface area contributed by atoms with Gasteiger partial charge in [-0.3, -0.25) is 4.79 Å². The SMILES string of the molecule is C=CC(C)NC(=O)Cc1ccccc1C(=O)O. The molecule has 4 nitrogen and oxygen atoms in total. The zero-order chi connectivity index (χ0) is 12.8. The number of carboxylic acids is 1. The van der Waals surface area contributed by atoms with Crippen molar-refractivity contribution in [3.8, 4) is 0 Å². The molecule has 1 unspecified atom stereocenters. The number of carboxylic acid groups (broad SMARTS) is 1. The molecule has 0 saturated carbocycles. The molecule has 17 heavy (non-hydrogen) atoms. The summed E-state index contributed by atoms with van der Waals surface area (Å²) < 4.78 is 0. The zero-order valence-electron chi connectivity index (χ0n) is 9.64. The highest BCUT2D eigenvalue weighted by Crippen LogP contribution is 2.09. The van der Waals surface area contributed by atoms with Gasteiger partial charge in [0.2, 0.25) is 5.91 Å². The van der Waals surface area contributed by atoms with Crippen molar-refractivity contribution in [2.45, 2.75) is 19.4 Å². The Morgan fingerprint density at radius 2 is 2.12 bits per heavy atom. The predicted molar refractivity (Wildman–Crippen MR) is 64.9 cm³/mol. The third kappa shape index (κ3) is 3.75. The van der Waals surface area contributed by atoms with Crippen LogP contribution in [-0.2, 0) is 11.2 Å². The molecule has 0 aliphatic heterocycles. The van der Waals surface area contributed by atoms with Crippen molar-refractivity contribution >= 4 is 11.9 Å². The molecule has 0 heterocycles. The third-order valence-electron chi connectivity index (χ3n) is 2.34. The van der Waals surface area contributed by atoms with Gasteiger partial charge in [-0.1, -0.05) is 24.3 Å². The fourth-order valence-corrected chi connectivity index (χ4v) is 1.42. The Morgan fingerprint density at radius 1 is 1.47 bits per heavy atom. The molecule has 1 rings (SSSR count). The van der Waals surface area contributed by atoms with Crippen LogP contribution in [-0.4, -0.2) is 23.0 Å². The largest absolute Gasteiger partial charge is 0.478 e. The molecule has 1 atom stereocenters. The summed E-state index contributed by atoms with van der Waals surface area (Å²) in [5, 5.41) is 11.7. The van der Waals surface area contributed by atoms with Crippen LogP contribution in [0.2, 0.25) is 0 Å². The van der Waals surface area contributed by atoms with Crippen LogP contribution in [0.5, 0.6) is 0 Å². The normalized spacial score (nSPS) is 11.6. The topological polar surface area (TPSA) is 66.4 Å². The lowest BCUT2D eigenvalue weighted by molar-refractivity contribution is -0.120. The summed E-state index contributed by atoms with van der Waals surface area (Å²) in [5.74, 6) is -1.24. The fraction of sp³-hybridized carbons (Fsp3) is 0.231. The number of amides is 1. The van der Waals surface area contributed by atoms with Crippen molar-refractivity contribution in [3.63, 3.8) is 0 Å². The Morgan fingerprint density at radius 3 is 2.71 bits per heavy atom. The molecule has 1 aromatic rings. The average molecular weight is 233 g/mol. The Bertz CT molecular complexity index is 440. The van der Waals surface area contributed by atoms with E-state index in [1.54, 1.807) is 31.2 Å². The maximum Gasteiger partial charge on any atom is 0.335 e. The van der Waals surface area contributed by atoms with E-state index in [9.17, 15) is 9.59 Å². The van der Waals surface area contributed by atoms with Gasteiger partial charge >= 0.3 is 5.97 Å². The van der Waals surface area contributed by atoms with Gasteiger partial charge in [0.1, 0.15) is 0 Å². The summed E-state index contributed by atoms with van der Waals surface area (Å²) in [5.41, 5.74) is 0.669. The number of carbonyl (C=O) groups excluding carboxylic acids is 1. The molecule has 0 bridgehead atoms. The highest BCUT2D eigenvalue weighted by molar-refractivity contribution is 5.91. The molecule has 0 radical (unpaired) electrons. The minimum atomic E-state index is -1.02. The van der Waals surface area contributed by atoms with Crippen molar-refractivity contribution < 1.29 is 14.7 Å². The summed E-state index contributed by atoms with van der Waals surface area (Å²) in [6.07, 6.45) is 1.67. The van der Waals surface area contributed by atoms with Crippen LogP contribution in [0, 0.1) is 0 Å². The van der Waals surface area contributed by atoms with Gasteiger partial charge in [-0.2, -0.15) is 0 Å². The standard InChI is InChI=1S/C13H15NO3/c1-3-9(2)14-12(15)8-10-6-4-5-7-11(10)13(16)17/h3-7,9H,1,8H2,2H3,(H,14,15)(H,16,17). The number of nitrogens with one attached hydrogen (secondary N) is 1. The smallest absolute Gasteiger partial charge is 0.335 e. The lowest BCUT2D eigenvalue weighted by atomic mass is 10.0. The van der Waals surface area contributed by atoms with Crippen molar-refractivity contribution in [2.24, 2.45) is 0 Å². The van der Waals surface area contributed by atoms with Gasteiger partial charge in [0.25, 0.3) is 0 Å². The summed E-state index contributed by atoms with van der Waals surface area (Å²) >= 11 is 0. The molecule has 0 saturated heterocycles. The third-order valence-corrected chi connectivity index (χ3v) is 2.34. The van der Waals surface area contributed by atoms with E-state index < -0.39 is 5.97 Å². The van der Waals surface area contributed by atoms with Crippen LogP contribution >= 0.6 is 0 Å². The van der Waals surface area contributed by atoms with E-state index in [2.05, 4.69) is 11.9 Å². The Hall–Kier alpha value is -2.10. The molecule has 0 aliphatic rings. The quantitative estimate of drug-likeness (QED) is 0.759. The van der Waals surface area contributed by atoms with Crippen molar-refractivity contribution in [1.29, 1.82) is 0 Å². The molecular formula is C13H15NO3. The van der Waals surface area contributed by atoms with E-state index in [0.29, 0.717) is 5.56 Å². The van der Waals surface area contributed by atoms with Crippen molar-refractivity contribution in [1.82, 2.24) is 5.32 Å². The van der Waals surface area contributed by atoms with Crippen LogP contribution < -0.4 is 5.32 Å². The van der Waals surface area contributed by atoms with E-state index in [1.807, 2.05) is 0 Å². The molecule has 0 aliphatic carbocycles. The van der Waals surface area contributed by atoms with Gasteiger partial charge in [-0.05, 0) is 18.6 Å². The second-order valence-corrected chi connectivity index (χ2v) is 3.73. The second-order valence-electron chi connectivity index (χ2n) is 3.73. The van der Waals surface area contributed by atoms with E-state index in [4.69, 9.17) is 5.11 Å². The molecule has 0 fully saturated rings. The molecule has 90 valence electrons. The second kappa shape index (κ2) is 5.84. The van der Waals surface area contributed by atoms with Crippen LogP contribution in [0.25, 0.3) is 0 Å². The predicted octanol–water partition coefficient (Wildman–Crippen LogP) is 1.62. The zero-order valence-corrected chi connectivity index (χ0v) is 9.64. The first kappa shape index (κ1) is 13.0. The number of rotatable bonds is 5. The summed E-state index contributed by atoms with van der Waals surface area (Å²) in [6, 6.07) is 6.35. The fourth-order valence-electron chi connectivity index (χ4n) is 1.42. The molecule has 0 aromatic heterocycles. The Kier molecular flexibility index (Phi) is 4.46. The minimum absolute atomic E-state index is 0.0562. The number of benzene rings is 1. The number of hydrogen-bond acceptors (Lipinski definition) is 2. The molecule has 1 amide bonds. The Balaban J connectivity index is 2.78. The van der Waals surface area contributed by atoms with Crippen LogP contribution in [0.15, 0.2) is 36.9 Å². The van der Waals surface area contributed by atoms with E-state index in [1.165, 1.54) is 6.07 Å². The highest BCUT2D eigenvalue weighted by atomic mass is 16.4. The van der Waals surface area contributed by atoms with Crippen LogP contribution in [0.3, 0.4) is 0 Å². The average Bonchev–Trinajstić information content (AvgIpc) is 2.29. The molecule has 1 aromatic carbocycles. The first-order valence-electron chi connectivity index (χ1n) is 5.27. The van der Waals surface area contributed by atoms with Gasteiger partial charge in [-0.15, -0.1) is 6.58 Å². The van der Waals surface area contributed by atoms with Gasteiger partial charge in [0.05, 0.1) is 12.0 Å². The minimum Gasteiger partial charge on any atom is -0.478 e. The van der Waals surface area contributed by atoms with Crippen molar-refractivity contribution in [2.75, 3.05) is 0 Å². The summed E-state index contributed by atoms with van der Waals surface area (Å²) in [7, 11) is 0. The number of aromatic carboxylic acids is 1. The van der Waals surface area contributed by atoms with Crippen LogP contribution in [0.1, 0.15) is 22.8 Å². The van der Waals surface area contributed by atoms with Crippen molar-refractivity contribution in [3.05, 3.63) is 48.0 Å². The monoisotopic (exact) mass is 233 g/mol. The van der Waals surface area contributed by atoms with E-state index in [0.717, 1.165) is 0 Å². The first-order chi connectivity index (χ1) is 8.04. The molecular weight excluding hydrogens is 218 g/mol. The molecule has 2 N–H and O–H groups in total. The number of carbonyl (C=O) groups is 2. The van der Waals surface area contributed by atoms with Gasteiger partial charge < -0.3 is 10.4 Å². The molecule has 0 spiro atoms. The highest BCUT2D eigenvalue weighted by Gasteiger charge is 2.12. The Labute approximate surface area is 100.0 Å². The maximum absolute atomic E-state index is 11.6. The van der Waals surface area contributed by atoms with E-state index >= 15 is 0 Å². The van der Waals surface area contributed by atoms with Crippen LogP contribution in [0.4, 0.5) is 0 Å². The summed E-state index contributed by atoms with van der Waals surface area (Å²) in [6.45, 7) is 5.36. The lowest BCUT2D eigenvalue weighted by Crippen LogP contribution is -2.32. The van der Waals surface area contributed by atoms with Gasteiger partial charge in [-0.25, -0.2) is 4.79 Å². The van der Waals surface area contributed by atoms with Gasteiger partial charge in [0, 0.05) is 6.04 Å². The maximum atomic E-state index is 11.6.